The second-order valence-corrected chi connectivity index (χ2v) is 5.84. The summed E-state index contributed by atoms with van der Waals surface area (Å²) in [6.45, 7) is 2.88. The zero-order chi connectivity index (χ0) is 12.4. The average molecular weight is 321 g/mol. The molecule has 0 aromatic heterocycles. The van der Waals surface area contributed by atoms with Crippen LogP contribution < -0.4 is 5.32 Å². The number of benzene rings is 1. The lowest BCUT2D eigenvalue weighted by atomic mass is 10.0. The van der Waals surface area contributed by atoms with Crippen LogP contribution in [-0.4, -0.2) is 6.54 Å². The molecule has 1 atom stereocenters. The largest absolute Gasteiger partial charge is 0.310 e. The number of hydrogen-bond donors (Lipinski definition) is 1. The quantitative estimate of drug-likeness (QED) is 0.776. The minimum atomic E-state index is -0.187. The fourth-order valence-electron chi connectivity index (χ4n) is 2.06. The van der Waals surface area contributed by atoms with E-state index in [9.17, 15) is 4.39 Å². The molecule has 2 rings (SSSR count). The lowest BCUT2D eigenvalue weighted by Gasteiger charge is -2.19. The van der Waals surface area contributed by atoms with Crippen molar-refractivity contribution in [3.8, 4) is 0 Å². The Bertz CT molecular complexity index is 407. The summed E-state index contributed by atoms with van der Waals surface area (Å²) in [6.07, 6.45) is 3.55. The highest BCUT2D eigenvalue weighted by atomic mass is 79.9. The molecule has 1 unspecified atom stereocenters. The van der Waals surface area contributed by atoms with Crippen molar-refractivity contribution in [3.63, 3.8) is 0 Å². The number of halogens is 3. The molecule has 1 nitrogen and oxygen atoms in total. The molecule has 0 amide bonds. The van der Waals surface area contributed by atoms with Crippen molar-refractivity contribution in [2.75, 3.05) is 6.54 Å². The van der Waals surface area contributed by atoms with Crippen LogP contribution in [-0.2, 0) is 0 Å². The van der Waals surface area contributed by atoms with Crippen LogP contribution in [0.15, 0.2) is 16.6 Å². The summed E-state index contributed by atoms with van der Waals surface area (Å²) >= 11 is 9.28. The Hall–Kier alpha value is -0.120. The van der Waals surface area contributed by atoms with Gasteiger partial charge in [0.05, 0.1) is 5.02 Å². The van der Waals surface area contributed by atoms with E-state index in [1.807, 2.05) is 6.92 Å². The highest BCUT2D eigenvalue weighted by Gasteiger charge is 2.27. The maximum absolute atomic E-state index is 13.9. The normalized spacial score (nSPS) is 17.2. The molecule has 0 radical (unpaired) electrons. The predicted molar refractivity (Wildman–Crippen MR) is 72.9 cm³/mol. The Morgan fingerprint density at radius 1 is 1.53 bits per heavy atom. The molecular weight excluding hydrogens is 305 g/mol. The van der Waals surface area contributed by atoms with Gasteiger partial charge in [-0.1, -0.05) is 31.4 Å². The molecule has 0 aliphatic heterocycles. The molecule has 1 aliphatic carbocycles. The lowest BCUT2D eigenvalue weighted by molar-refractivity contribution is 0.463. The molecule has 0 heterocycles. The minimum absolute atomic E-state index is 0.0816. The van der Waals surface area contributed by atoms with Gasteiger partial charge in [0.2, 0.25) is 0 Å². The molecular formula is C13H16BrClFN. The Labute approximate surface area is 115 Å². The van der Waals surface area contributed by atoms with Crippen molar-refractivity contribution in [1.29, 1.82) is 0 Å². The molecule has 1 saturated carbocycles. The van der Waals surface area contributed by atoms with E-state index in [1.165, 1.54) is 18.9 Å². The highest BCUT2D eigenvalue weighted by Crippen LogP contribution is 2.39. The molecule has 0 spiro atoms. The number of nitrogens with one attached hydrogen (secondary N) is 1. The van der Waals surface area contributed by atoms with Crippen molar-refractivity contribution in [2.45, 2.75) is 32.2 Å². The van der Waals surface area contributed by atoms with Gasteiger partial charge in [-0.05, 0) is 46.9 Å². The summed E-state index contributed by atoms with van der Waals surface area (Å²) in [5.74, 6) is 0.564. The molecule has 1 aromatic rings. The van der Waals surface area contributed by atoms with Crippen LogP contribution in [0, 0.1) is 11.7 Å². The fraction of sp³-hybridized carbons (Fsp3) is 0.538. The van der Waals surface area contributed by atoms with Gasteiger partial charge in [0, 0.05) is 16.1 Å². The third-order valence-electron chi connectivity index (χ3n) is 3.13. The van der Waals surface area contributed by atoms with Gasteiger partial charge in [0.25, 0.3) is 0 Å². The average Bonchev–Trinajstić information content (AvgIpc) is 3.07. The first-order valence-electron chi connectivity index (χ1n) is 5.99. The van der Waals surface area contributed by atoms with Crippen molar-refractivity contribution < 1.29 is 4.39 Å². The van der Waals surface area contributed by atoms with E-state index < -0.39 is 0 Å². The maximum atomic E-state index is 13.9. The van der Waals surface area contributed by atoms with Crippen LogP contribution in [0.1, 0.15) is 37.8 Å². The van der Waals surface area contributed by atoms with Crippen molar-refractivity contribution in [2.24, 2.45) is 5.92 Å². The maximum Gasteiger partial charge on any atom is 0.129 e. The van der Waals surface area contributed by atoms with Gasteiger partial charge in [0.1, 0.15) is 5.82 Å². The molecule has 1 aliphatic rings. The van der Waals surface area contributed by atoms with Crippen LogP contribution >= 0.6 is 27.5 Å². The van der Waals surface area contributed by atoms with Gasteiger partial charge in [-0.3, -0.25) is 0 Å². The summed E-state index contributed by atoms with van der Waals surface area (Å²) in [5.41, 5.74) is 0.687. The Morgan fingerprint density at radius 3 is 2.82 bits per heavy atom. The molecule has 17 heavy (non-hydrogen) atoms. The topological polar surface area (TPSA) is 12.0 Å². The predicted octanol–water partition coefficient (Wildman–Crippen LogP) is 4.69. The second-order valence-electron chi connectivity index (χ2n) is 4.58. The third kappa shape index (κ3) is 3.43. The molecule has 94 valence electrons. The molecule has 0 saturated heterocycles. The first-order chi connectivity index (χ1) is 8.11. The molecule has 4 heteroatoms. The van der Waals surface area contributed by atoms with E-state index >= 15 is 0 Å². The first kappa shape index (κ1) is 13.3. The zero-order valence-electron chi connectivity index (χ0n) is 9.77. The van der Waals surface area contributed by atoms with Gasteiger partial charge < -0.3 is 5.32 Å². The summed E-state index contributed by atoms with van der Waals surface area (Å²) in [4.78, 5) is 0. The minimum Gasteiger partial charge on any atom is -0.310 e. The molecule has 1 N–H and O–H groups in total. The standard InChI is InChI=1S/C13H16BrClFN/c1-2-17-13(5-8-3-4-8)9-6-11(15)10(14)7-12(9)16/h6-8,13,17H,2-5H2,1H3. The SMILES string of the molecule is CCNC(CC1CC1)c1cc(Cl)c(Br)cc1F. The highest BCUT2D eigenvalue weighted by molar-refractivity contribution is 9.10. The third-order valence-corrected chi connectivity index (χ3v) is 4.33. The van der Waals surface area contributed by atoms with Gasteiger partial charge in [-0.15, -0.1) is 0 Å². The first-order valence-corrected chi connectivity index (χ1v) is 7.16. The van der Waals surface area contributed by atoms with Crippen LogP contribution in [0.3, 0.4) is 0 Å². The summed E-state index contributed by atoms with van der Waals surface area (Å²) < 4.78 is 14.6. The fourth-order valence-corrected chi connectivity index (χ4v) is 2.55. The summed E-state index contributed by atoms with van der Waals surface area (Å²) in [6, 6.07) is 3.27. The molecule has 0 bridgehead atoms. The number of rotatable bonds is 5. The van der Waals surface area contributed by atoms with Crippen LogP contribution in [0.5, 0.6) is 0 Å². The van der Waals surface area contributed by atoms with E-state index in [0.29, 0.717) is 15.1 Å². The van der Waals surface area contributed by atoms with Crippen LogP contribution in [0.4, 0.5) is 4.39 Å². The monoisotopic (exact) mass is 319 g/mol. The Morgan fingerprint density at radius 2 is 2.24 bits per heavy atom. The van der Waals surface area contributed by atoms with Crippen molar-refractivity contribution in [3.05, 3.63) is 33.0 Å². The van der Waals surface area contributed by atoms with Crippen LogP contribution in [0.2, 0.25) is 5.02 Å². The van der Waals surface area contributed by atoms with Gasteiger partial charge in [-0.2, -0.15) is 0 Å². The Kier molecular flexibility index (Phi) is 4.45. The second kappa shape index (κ2) is 5.68. The Balaban J connectivity index is 2.23. The van der Waals surface area contributed by atoms with E-state index in [2.05, 4.69) is 21.2 Å². The van der Waals surface area contributed by atoms with Gasteiger partial charge in [-0.25, -0.2) is 4.39 Å². The molecule has 1 aromatic carbocycles. The summed E-state index contributed by atoms with van der Waals surface area (Å²) in [7, 11) is 0. The van der Waals surface area contributed by atoms with Crippen molar-refractivity contribution >= 4 is 27.5 Å². The smallest absolute Gasteiger partial charge is 0.129 e. The van der Waals surface area contributed by atoms with Crippen LogP contribution in [0.25, 0.3) is 0 Å². The van der Waals surface area contributed by atoms with Gasteiger partial charge in [0.15, 0.2) is 0 Å². The van der Waals surface area contributed by atoms with Crippen molar-refractivity contribution in [1.82, 2.24) is 5.32 Å². The van der Waals surface area contributed by atoms with E-state index in [0.717, 1.165) is 18.9 Å². The van der Waals surface area contributed by atoms with E-state index in [-0.39, 0.29) is 11.9 Å². The van der Waals surface area contributed by atoms with E-state index in [1.54, 1.807) is 6.07 Å². The van der Waals surface area contributed by atoms with E-state index in [4.69, 9.17) is 11.6 Å². The lowest BCUT2D eigenvalue weighted by Crippen LogP contribution is -2.22. The summed E-state index contributed by atoms with van der Waals surface area (Å²) in [5, 5.41) is 3.91. The van der Waals surface area contributed by atoms with Gasteiger partial charge >= 0.3 is 0 Å². The molecule has 1 fully saturated rings. The zero-order valence-corrected chi connectivity index (χ0v) is 12.1. The number of hydrogen-bond acceptors (Lipinski definition) is 1.